The fourth-order valence-electron chi connectivity index (χ4n) is 3.95. The molecule has 122 valence electrons. The highest BCUT2D eigenvalue weighted by Gasteiger charge is 2.40. The summed E-state index contributed by atoms with van der Waals surface area (Å²) in [5.41, 5.74) is 4.41. The number of hydrogen-bond acceptors (Lipinski definition) is 4. The number of nitro groups is 1. The van der Waals surface area contributed by atoms with E-state index >= 15 is 0 Å². The van der Waals surface area contributed by atoms with Crippen molar-refractivity contribution in [2.75, 3.05) is 0 Å². The van der Waals surface area contributed by atoms with Crippen LogP contribution in [0.4, 0.5) is 5.69 Å². The second-order valence-electron chi connectivity index (χ2n) is 6.67. The maximum atomic E-state index is 12.0. The number of rotatable bonds is 5. The molecule has 2 bridgehead atoms. The number of amides is 1. The van der Waals surface area contributed by atoms with Crippen LogP contribution in [-0.2, 0) is 11.2 Å². The Morgan fingerprint density at radius 3 is 2.61 bits per heavy atom. The van der Waals surface area contributed by atoms with E-state index in [1.807, 2.05) is 6.92 Å². The van der Waals surface area contributed by atoms with Crippen LogP contribution in [0.5, 0.6) is 0 Å². The monoisotopic (exact) mass is 315 g/mol. The predicted octanol–water partition coefficient (Wildman–Crippen LogP) is 3.07. The highest BCUT2D eigenvalue weighted by atomic mass is 16.6. The minimum Gasteiger partial charge on any atom is -0.273 e. The molecule has 3 atom stereocenters. The van der Waals surface area contributed by atoms with E-state index in [9.17, 15) is 14.9 Å². The largest absolute Gasteiger partial charge is 0.273 e. The average molecular weight is 315 g/mol. The minimum absolute atomic E-state index is 0.0271. The van der Waals surface area contributed by atoms with Crippen LogP contribution in [0.15, 0.2) is 29.4 Å². The van der Waals surface area contributed by atoms with E-state index in [0.717, 1.165) is 23.1 Å². The SMILES string of the molecule is C/C(=N\NC(=O)Cc1ccc([N+](=O)[O-])cc1)C1CC2CCC1C2. The van der Waals surface area contributed by atoms with Gasteiger partial charge in [0.15, 0.2) is 0 Å². The summed E-state index contributed by atoms with van der Waals surface area (Å²) in [7, 11) is 0. The second kappa shape index (κ2) is 6.48. The highest BCUT2D eigenvalue weighted by Crippen LogP contribution is 2.48. The first-order valence-corrected chi connectivity index (χ1v) is 8.09. The first-order valence-electron chi connectivity index (χ1n) is 8.09. The molecule has 0 aromatic heterocycles. The van der Waals surface area contributed by atoms with Crippen LogP contribution >= 0.6 is 0 Å². The summed E-state index contributed by atoms with van der Waals surface area (Å²) in [6.07, 6.45) is 5.33. The van der Waals surface area contributed by atoms with Gasteiger partial charge >= 0.3 is 0 Å². The first-order chi connectivity index (χ1) is 11.0. The minimum atomic E-state index is -0.452. The molecule has 0 radical (unpaired) electrons. The third-order valence-electron chi connectivity index (χ3n) is 5.14. The number of nitro benzene ring substituents is 1. The Bertz CT molecular complexity index is 639. The number of nitrogens with zero attached hydrogens (tertiary/aromatic N) is 2. The van der Waals surface area contributed by atoms with Crippen LogP contribution in [0.25, 0.3) is 0 Å². The summed E-state index contributed by atoms with van der Waals surface area (Å²) in [6.45, 7) is 2.00. The molecule has 6 nitrogen and oxygen atoms in total. The Kier molecular flexibility index (Phi) is 4.41. The second-order valence-corrected chi connectivity index (χ2v) is 6.67. The number of hydrogen-bond donors (Lipinski definition) is 1. The van der Waals surface area contributed by atoms with Gasteiger partial charge in [0, 0.05) is 23.8 Å². The number of carbonyl (C=O) groups is 1. The van der Waals surface area contributed by atoms with Gasteiger partial charge in [-0.25, -0.2) is 5.43 Å². The van der Waals surface area contributed by atoms with Gasteiger partial charge in [0.2, 0.25) is 5.91 Å². The van der Waals surface area contributed by atoms with Crippen molar-refractivity contribution in [1.82, 2.24) is 5.43 Å². The number of fused-ring (bicyclic) bond motifs is 2. The normalized spacial score (nSPS) is 26.3. The van der Waals surface area contributed by atoms with Gasteiger partial charge in [-0.3, -0.25) is 14.9 Å². The molecule has 2 saturated carbocycles. The number of hydrazone groups is 1. The Labute approximate surface area is 135 Å². The molecule has 0 spiro atoms. The Balaban J connectivity index is 1.53. The summed E-state index contributed by atoms with van der Waals surface area (Å²) in [5, 5.41) is 14.9. The molecule has 2 aliphatic rings. The fourth-order valence-corrected chi connectivity index (χ4v) is 3.95. The number of non-ortho nitro benzene ring substituents is 1. The number of carbonyl (C=O) groups excluding carboxylic acids is 1. The van der Waals surface area contributed by atoms with Gasteiger partial charge in [-0.2, -0.15) is 5.10 Å². The maximum Gasteiger partial charge on any atom is 0.269 e. The highest BCUT2D eigenvalue weighted by molar-refractivity contribution is 5.87. The molecule has 0 aliphatic heterocycles. The lowest BCUT2D eigenvalue weighted by Gasteiger charge is -2.21. The summed E-state index contributed by atoms with van der Waals surface area (Å²) in [6, 6.07) is 6.02. The van der Waals surface area contributed by atoms with Crippen molar-refractivity contribution in [3.05, 3.63) is 39.9 Å². The Morgan fingerprint density at radius 2 is 2.04 bits per heavy atom. The van der Waals surface area contributed by atoms with Gasteiger partial charge in [-0.15, -0.1) is 0 Å². The molecular formula is C17H21N3O3. The first kappa shape index (κ1) is 15.6. The van der Waals surface area contributed by atoms with Crippen molar-refractivity contribution in [2.45, 2.75) is 39.0 Å². The van der Waals surface area contributed by atoms with Crippen molar-refractivity contribution >= 4 is 17.3 Å². The third kappa shape index (κ3) is 3.57. The van der Waals surface area contributed by atoms with E-state index in [2.05, 4.69) is 10.5 Å². The quantitative estimate of drug-likeness (QED) is 0.515. The standard InChI is InChI=1S/C17H21N3O3/c1-11(16-9-13-2-5-14(16)8-13)18-19-17(21)10-12-3-6-15(7-4-12)20(22)23/h3-4,6-7,13-14,16H,2,5,8-10H2,1H3,(H,19,21)/b18-11+. The van der Waals surface area contributed by atoms with Gasteiger partial charge in [-0.1, -0.05) is 18.6 Å². The topological polar surface area (TPSA) is 84.6 Å². The van der Waals surface area contributed by atoms with Gasteiger partial charge in [-0.05, 0) is 43.6 Å². The number of nitrogens with one attached hydrogen (secondary N) is 1. The lowest BCUT2D eigenvalue weighted by atomic mass is 9.86. The van der Waals surface area contributed by atoms with Crippen LogP contribution in [0.3, 0.4) is 0 Å². The molecule has 0 saturated heterocycles. The van der Waals surface area contributed by atoms with E-state index in [1.165, 1.54) is 37.8 Å². The molecule has 0 heterocycles. The summed E-state index contributed by atoms with van der Waals surface area (Å²) in [5.74, 6) is 1.93. The molecular weight excluding hydrogens is 294 g/mol. The Hall–Kier alpha value is -2.24. The van der Waals surface area contributed by atoms with Gasteiger partial charge < -0.3 is 0 Å². The molecule has 6 heteroatoms. The number of benzene rings is 1. The molecule has 1 aromatic carbocycles. The van der Waals surface area contributed by atoms with Gasteiger partial charge in [0.05, 0.1) is 11.3 Å². The smallest absolute Gasteiger partial charge is 0.269 e. The third-order valence-corrected chi connectivity index (χ3v) is 5.14. The molecule has 3 unspecified atom stereocenters. The summed E-state index contributed by atoms with van der Waals surface area (Å²) < 4.78 is 0. The zero-order chi connectivity index (χ0) is 16.4. The van der Waals surface area contributed by atoms with Crippen molar-refractivity contribution in [3.63, 3.8) is 0 Å². The van der Waals surface area contributed by atoms with Crippen LogP contribution in [-0.4, -0.2) is 16.5 Å². The van der Waals surface area contributed by atoms with E-state index in [4.69, 9.17) is 0 Å². The molecule has 23 heavy (non-hydrogen) atoms. The molecule has 3 rings (SSSR count). The van der Waals surface area contributed by atoms with Crippen LogP contribution in [0, 0.1) is 27.9 Å². The molecule has 2 fully saturated rings. The van der Waals surface area contributed by atoms with Crippen molar-refractivity contribution < 1.29 is 9.72 Å². The summed E-state index contributed by atoms with van der Waals surface area (Å²) >= 11 is 0. The van der Waals surface area contributed by atoms with Crippen LogP contribution in [0.1, 0.15) is 38.2 Å². The van der Waals surface area contributed by atoms with Gasteiger partial charge in [0.1, 0.15) is 0 Å². The molecule has 1 amide bonds. The van der Waals surface area contributed by atoms with E-state index in [1.54, 1.807) is 12.1 Å². The van der Waals surface area contributed by atoms with E-state index in [-0.39, 0.29) is 18.0 Å². The molecule has 2 aliphatic carbocycles. The van der Waals surface area contributed by atoms with Crippen molar-refractivity contribution in [2.24, 2.45) is 22.9 Å². The van der Waals surface area contributed by atoms with E-state index < -0.39 is 4.92 Å². The van der Waals surface area contributed by atoms with Crippen LogP contribution < -0.4 is 5.43 Å². The maximum absolute atomic E-state index is 12.0. The van der Waals surface area contributed by atoms with Gasteiger partial charge in [0.25, 0.3) is 5.69 Å². The van der Waals surface area contributed by atoms with Crippen molar-refractivity contribution in [1.29, 1.82) is 0 Å². The zero-order valence-electron chi connectivity index (χ0n) is 13.2. The lowest BCUT2D eigenvalue weighted by molar-refractivity contribution is -0.384. The van der Waals surface area contributed by atoms with Crippen molar-refractivity contribution in [3.8, 4) is 0 Å². The fraction of sp³-hybridized carbons (Fsp3) is 0.529. The molecule has 1 N–H and O–H groups in total. The zero-order valence-corrected chi connectivity index (χ0v) is 13.2. The summed E-state index contributed by atoms with van der Waals surface area (Å²) in [4.78, 5) is 22.1. The van der Waals surface area contributed by atoms with E-state index in [0.29, 0.717) is 5.92 Å². The molecule has 1 aromatic rings. The lowest BCUT2D eigenvalue weighted by Crippen LogP contribution is -2.25. The Morgan fingerprint density at radius 1 is 1.30 bits per heavy atom. The predicted molar refractivity (Wildman–Crippen MR) is 87.0 cm³/mol. The van der Waals surface area contributed by atoms with Crippen LogP contribution in [0.2, 0.25) is 0 Å². The average Bonchev–Trinajstić information content (AvgIpc) is 3.16.